The zero-order valence-corrected chi connectivity index (χ0v) is 10.7. The van der Waals surface area contributed by atoms with Crippen LogP contribution in [0.15, 0.2) is 0 Å². The number of aliphatic hydroxyl groups excluding tert-OH is 1. The minimum atomic E-state index is 0.234. The average Bonchev–Trinajstić information content (AvgIpc) is 1.99. The second-order valence-corrected chi connectivity index (χ2v) is 6.19. The highest BCUT2D eigenvalue weighted by atomic mass is 16.3. The first kappa shape index (κ1) is 13.0. The molecule has 0 saturated heterocycles. The molecular formula is C13H27NO. The lowest BCUT2D eigenvalue weighted by Gasteiger charge is -2.40. The second kappa shape index (κ2) is 5.31. The predicted octanol–water partition coefficient (Wildman–Crippen LogP) is 2.42. The molecule has 0 aromatic carbocycles. The summed E-state index contributed by atoms with van der Waals surface area (Å²) in [5, 5.41) is 12.5. The normalized spacial score (nSPS) is 26.8. The highest BCUT2D eigenvalue weighted by molar-refractivity contribution is 4.88. The predicted molar refractivity (Wildman–Crippen MR) is 64.8 cm³/mol. The zero-order chi connectivity index (χ0) is 11.5. The van der Waals surface area contributed by atoms with E-state index >= 15 is 0 Å². The largest absolute Gasteiger partial charge is 0.396 e. The van der Waals surface area contributed by atoms with Crippen molar-refractivity contribution >= 4 is 0 Å². The number of hydrogen-bond acceptors (Lipinski definition) is 2. The van der Waals surface area contributed by atoms with Crippen LogP contribution in [0.2, 0.25) is 0 Å². The molecular weight excluding hydrogens is 186 g/mol. The monoisotopic (exact) mass is 213 g/mol. The van der Waals surface area contributed by atoms with Crippen LogP contribution in [0, 0.1) is 17.3 Å². The van der Waals surface area contributed by atoms with E-state index in [1.54, 1.807) is 0 Å². The van der Waals surface area contributed by atoms with Crippen molar-refractivity contribution in [3.63, 3.8) is 0 Å². The van der Waals surface area contributed by atoms with Crippen LogP contribution in [0.1, 0.15) is 47.0 Å². The molecule has 1 aliphatic rings. The van der Waals surface area contributed by atoms with Gasteiger partial charge in [0.1, 0.15) is 0 Å². The summed E-state index contributed by atoms with van der Waals surface area (Å²) in [5.74, 6) is 1.77. The summed E-state index contributed by atoms with van der Waals surface area (Å²) in [5.41, 5.74) is 0.234. The third kappa shape index (κ3) is 4.12. The Kier molecular flexibility index (Phi) is 4.60. The van der Waals surface area contributed by atoms with Gasteiger partial charge in [-0.1, -0.05) is 27.7 Å². The van der Waals surface area contributed by atoms with Gasteiger partial charge in [-0.3, -0.25) is 0 Å². The number of aliphatic hydroxyl groups is 1. The van der Waals surface area contributed by atoms with Gasteiger partial charge in [0.05, 0.1) is 0 Å². The molecule has 2 N–H and O–H groups in total. The van der Waals surface area contributed by atoms with Gasteiger partial charge >= 0.3 is 0 Å². The summed E-state index contributed by atoms with van der Waals surface area (Å²) >= 11 is 0. The van der Waals surface area contributed by atoms with Gasteiger partial charge in [-0.25, -0.2) is 0 Å². The van der Waals surface area contributed by atoms with Crippen molar-refractivity contribution in [3.8, 4) is 0 Å². The summed E-state index contributed by atoms with van der Waals surface area (Å²) in [6, 6.07) is 0.732. The molecule has 0 aliphatic heterocycles. The van der Waals surface area contributed by atoms with Crippen molar-refractivity contribution in [2.24, 2.45) is 17.3 Å². The van der Waals surface area contributed by atoms with Gasteiger partial charge in [0, 0.05) is 19.2 Å². The quantitative estimate of drug-likeness (QED) is 0.710. The molecule has 0 heterocycles. The molecule has 0 atom stereocenters. The van der Waals surface area contributed by atoms with E-state index in [2.05, 4.69) is 33.0 Å². The molecule has 0 spiro atoms. The Morgan fingerprint density at radius 1 is 1.33 bits per heavy atom. The fraction of sp³-hybridized carbons (Fsp3) is 1.00. The maximum absolute atomic E-state index is 8.93. The van der Waals surface area contributed by atoms with E-state index in [1.165, 1.54) is 12.8 Å². The van der Waals surface area contributed by atoms with Crippen LogP contribution >= 0.6 is 0 Å². The van der Waals surface area contributed by atoms with Gasteiger partial charge in [-0.05, 0) is 36.5 Å². The lowest BCUT2D eigenvalue weighted by atomic mass is 9.73. The van der Waals surface area contributed by atoms with E-state index in [1.807, 2.05) is 0 Å². The van der Waals surface area contributed by atoms with Gasteiger partial charge in [0.15, 0.2) is 0 Å². The summed E-state index contributed by atoms with van der Waals surface area (Å²) in [6.07, 6.45) is 3.57. The van der Waals surface area contributed by atoms with Gasteiger partial charge < -0.3 is 10.4 Å². The molecule has 0 amide bonds. The molecule has 0 bridgehead atoms. The Hall–Kier alpha value is -0.0800. The van der Waals surface area contributed by atoms with Gasteiger partial charge in [-0.2, -0.15) is 0 Å². The molecule has 1 saturated carbocycles. The fourth-order valence-electron chi connectivity index (χ4n) is 2.18. The standard InChI is InChI=1S/C13H27NO/c1-10(2)11-7-12(8-11)14-9-13(3,4)5-6-15/h10-12,14-15H,5-9H2,1-4H3. The summed E-state index contributed by atoms with van der Waals surface area (Å²) in [6.45, 7) is 10.4. The molecule has 2 heteroatoms. The molecule has 1 fully saturated rings. The summed E-state index contributed by atoms with van der Waals surface area (Å²) in [4.78, 5) is 0. The zero-order valence-electron chi connectivity index (χ0n) is 10.7. The van der Waals surface area contributed by atoms with E-state index in [-0.39, 0.29) is 5.41 Å². The van der Waals surface area contributed by atoms with E-state index in [4.69, 9.17) is 5.11 Å². The number of hydrogen-bond donors (Lipinski definition) is 2. The fourth-order valence-corrected chi connectivity index (χ4v) is 2.18. The minimum Gasteiger partial charge on any atom is -0.396 e. The van der Waals surface area contributed by atoms with Crippen molar-refractivity contribution < 1.29 is 5.11 Å². The van der Waals surface area contributed by atoms with Crippen LogP contribution in [-0.4, -0.2) is 24.3 Å². The second-order valence-electron chi connectivity index (χ2n) is 6.19. The molecule has 0 aromatic heterocycles. The van der Waals surface area contributed by atoms with Crippen LogP contribution in [-0.2, 0) is 0 Å². The van der Waals surface area contributed by atoms with Gasteiger partial charge in [0.2, 0.25) is 0 Å². The average molecular weight is 213 g/mol. The minimum absolute atomic E-state index is 0.234. The first-order chi connectivity index (χ1) is 6.94. The smallest absolute Gasteiger partial charge is 0.0436 e. The van der Waals surface area contributed by atoms with Crippen LogP contribution < -0.4 is 5.32 Å². The lowest BCUT2D eigenvalue weighted by molar-refractivity contribution is 0.143. The van der Waals surface area contributed by atoms with Crippen molar-refractivity contribution in [3.05, 3.63) is 0 Å². The van der Waals surface area contributed by atoms with Crippen LogP contribution in [0.25, 0.3) is 0 Å². The van der Waals surface area contributed by atoms with Gasteiger partial charge in [0.25, 0.3) is 0 Å². The van der Waals surface area contributed by atoms with E-state index in [9.17, 15) is 0 Å². The van der Waals surface area contributed by atoms with Gasteiger partial charge in [-0.15, -0.1) is 0 Å². The van der Waals surface area contributed by atoms with Crippen molar-refractivity contribution in [2.75, 3.05) is 13.2 Å². The molecule has 0 aromatic rings. The molecule has 90 valence electrons. The highest BCUT2D eigenvalue weighted by Gasteiger charge is 2.31. The van der Waals surface area contributed by atoms with Crippen molar-refractivity contribution in [1.29, 1.82) is 0 Å². The molecule has 0 unspecified atom stereocenters. The van der Waals surface area contributed by atoms with Crippen LogP contribution in [0.3, 0.4) is 0 Å². The van der Waals surface area contributed by atoms with Crippen molar-refractivity contribution in [2.45, 2.75) is 53.0 Å². The first-order valence-electron chi connectivity index (χ1n) is 6.29. The summed E-state index contributed by atoms with van der Waals surface area (Å²) in [7, 11) is 0. The SMILES string of the molecule is CC(C)C1CC(NCC(C)(C)CCO)C1. The maximum Gasteiger partial charge on any atom is 0.0436 e. The first-order valence-corrected chi connectivity index (χ1v) is 6.29. The van der Waals surface area contributed by atoms with Crippen molar-refractivity contribution in [1.82, 2.24) is 5.32 Å². The Labute approximate surface area is 94.5 Å². The molecule has 1 rings (SSSR count). The van der Waals surface area contributed by atoms with E-state index in [0.717, 1.165) is 30.8 Å². The summed E-state index contributed by atoms with van der Waals surface area (Å²) < 4.78 is 0. The van der Waals surface area contributed by atoms with E-state index < -0.39 is 0 Å². The Balaban J connectivity index is 2.12. The number of rotatable bonds is 6. The lowest BCUT2D eigenvalue weighted by Crippen LogP contribution is -2.46. The third-order valence-corrected chi connectivity index (χ3v) is 3.78. The third-order valence-electron chi connectivity index (χ3n) is 3.78. The Bertz CT molecular complexity index is 183. The molecule has 15 heavy (non-hydrogen) atoms. The van der Waals surface area contributed by atoms with E-state index in [0.29, 0.717) is 6.61 Å². The molecule has 0 radical (unpaired) electrons. The van der Waals surface area contributed by atoms with Crippen LogP contribution in [0.5, 0.6) is 0 Å². The Morgan fingerprint density at radius 3 is 2.40 bits per heavy atom. The maximum atomic E-state index is 8.93. The molecule has 1 aliphatic carbocycles. The molecule has 2 nitrogen and oxygen atoms in total. The highest BCUT2D eigenvalue weighted by Crippen LogP contribution is 2.34. The van der Waals surface area contributed by atoms with Crippen LogP contribution in [0.4, 0.5) is 0 Å². The Morgan fingerprint density at radius 2 is 1.93 bits per heavy atom. The number of nitrogens with one attached hydrogen (secondary N) is 1. The topological polar surface area (TPSA) is 32.3 Å².